The number of likely N-dealkylation sites (N-methyl/N-ethyl adjacent to an activating group) is 2. The van der Waals surface area contributed by atoms with Crippen molar-refractivity contribution >= 4 is 23.8 Å². The van der Waals surface area contributed by atoms with Crippen molar-refractivity contribution in [2.24, 2.45) is 11.8 Å². The fourth-order valence-corrected chi connectivity index (χ4v) is 7.64. The van der Waals surface area contributed by atoms with Crippen LogP contribution >= 0.6 is 0 Å². The number of carbonyl (C=O) groups excluding carboxylic acids is 4. The predicted molar refractivity (Wildman–Crippen MR) is 175 cm³/mol. The summed E-state index contributed by atoms with van der Waals surface area (Å²) in [5, 5.41) is 17.9. The van der Waals surface area contributed by atoms with Gasteiger partial charge in [0.1, 0.15) is 24.2 Å². The summed E-state index contributed by atoms with van der Waals surface area (Å²) < 4.78 is 30.6. The van der Waals surface area contributed by atoms with Crippen LogP contribution in [0.3, 0.4) is 0 Å². The minimum Gasteiger partial charge on any atom is -0.458 e. The van der Waals surface area contributed by atoms with Gasteiger partial charge in [-0.25, -0.2) is 4.79 Å². The normalized spacial score (nSPS) is 41.8. The second-order valence-corrected chi connectivity index (χ2v) is 14.8. The number of nitrogens with one attached hydrogen (secondary N) is 2. The van der Waals surface area contributed by atoms with Gasteiger partial charge in [-0.05, 0) is 80.4 Å². The third-order valence-corrected chi connectivity index (χ3v) is 11.1. The van der Waals surface area contributed by atoms with Crippen molar-refractivity contribution in [3.05, 3.63) is 0 Å². The summed E-state index contributed by atoms with van der Waals surface area (Å²) in [5.41, 5.74) is -2.25. The Labute approximate surface area is 284 Å². The average Bonchev–Trinajstić information content (AvgIpc) is 3.85. The number of carbonyl (C=O) groups is 4. The molecule has 4 rings (SSSR count). The number of nitrogens with zero attached hydrogens (tertiary/aromatic N) is 2. The van der Waals surface area contributed by atoms with Gasteiger partial charge in [0.25, 0.3) is 5.91 Å². The highest BCUT2D eigenvalue weighted by Crippen LogP contribution is 2.37. The molecule has 3 aliphatic heterocycles. The molecule has 1 aliphatic carbocycles. The number of methoxy groups -OCH3 is 1. The van der Waals surface area contributed by atoms with Gasteiger partial charge in [0.05, 0.1) is 17.7 Å². The van der Waals surface area contributed by atoms with Crippen molar-refractivity contribution in [1.82, 2.24) is 20.4 Å². The quantitative estimate of drug-likeness (QED) is 0.263. The third-order valence-electron chi connectivity index (χ3n) is 11.1. The molecule has 0 bridgehead atoms. The van der Waals surface area contributed by atoms with Crippen molar-refractivity contribution in [3.63, 3.8) is 0 Å². The van der Waals surface area contributed by atoms with E-state index >= 15 is 0 Å². The maximum atomic E-state index is 14.1. The van der Waals surface area contributed by atoms with Crippen molar-refractivity contribution in [2.75, 3.05) is 34.8 Å². The average molecular weight is 683 g/mol. The molecular weight excluding hydrogens is 624 g/mol. The Morgan fingerprint density at radius 1 is 1.10 bits per heavy atom. The summed E-state index contributed by atoms with van der Waals surface area (Å²) in [6, 6.07) is -1.04. The number of hydrogen-bond acceptors (Lipinski definition) is 12. The lowest BCUT2D eigenvalue weighted by Crippen LogP contribution is -2.61. The first-order valence-electron chi connectivity index (χ1n) is 17.4. The lowest BCUT2D eigenvalue weighted by atomic mass is 9.80. The Bertz CT molecular complexity index is 1180. The molecule has 48 heavy (non-hydrogen) atoms. The SMILES string of the molecule is CC[C@H]1OC(=O)C(C)C(=O)[C@H](C)[C@@H](OC2OC(C(=O)N(C)C3CC3)CC(N(C)C)C2O)[C@](C)(OC)CCCN[C@H](C)[C@H]2NC(=O)O[C@@]21C. The molecule has 0 aromatic carbocycles. The van der Waals surface area contributed by atoms with Crippen molar-refractivity contribution in [1.29, 1.82) is 0 Å². The minimum atomic E-state index is -1.26. The lowest BCUT2D eigenvalue weighted by Gasteiger charge is -2.46. The Morgan fingerprint density at radius 2 is 1.77 bits per heavy atom. The molecule has 3 saturated heterocycles. The van der Waals surface area contributed by atoms with E-state index in [1.807, 2.05) is 39.8 Å². The van der Waals surface area contributed by atoms with Crippen LogP contribution in [-0.4, -0.2) is 140 Å². The van der Waals surface area contributed by atoms with E-state index in [-0.39, 0.29) is 24.4 Å². The van der Waals surface area contributed by atoms with Gasteiger partial charge in [0, 0.05) is 44.6 Å². The van der Waals surface area contributed by atoms with Gasteiger partial charge < -0.3 is 49.2 Å². The number of fused-ring (bicyclic) bond motifs is 1. The lowest BCUT2D eigenvalue weighted by molar-refractivity contribution is -0.294. The number of cyclic esters (lactones) is 1. The minimum absolute atomic E-state index is 0.175. The van der Waals surface area contributed by atoms with Crippen LogP contribution in [0.2, 0.25) is 0 Å². The molecule has 14 heteroatoms. The maximum absolute atomic E-state index is 14.1. The van der Waals surface area contributed by atoms with Crippen molar-refractivity contribution in [2.45, 2.75) is 146 Å². The molecule has 4 fully saturated rings. The van der Waals surface area contributed by atoms with Crippen LogP contribution < -0.4 is 10.6 Å². The summed E-state index contributed by atoms with van der Waals surface area (Å²) in [6.07, 6.45) is -2.10. The molecule has 1 saturated carbocycles. The van der Waals surface area contributed by atoms with E-state index in [0.29, 0.717) is 25.8 Å². The summed E-state index contributed by atoms with van der Waals surface area (Å²) in [7, 11) is 6.96. The number of ketones is 1. The van der Waals surface area contributed by atoms with E-state index < -0.39 is 83.7 Å². The smallest absolute Gasteiger partial charge is 0.408 e. The zero-order valence-electron chi connectivity index (χ0n) is 30.3. The van der Waals surface area contributed by atoms with Gasteiger partial charge in [-0.2, -0.15) is 0 Å². The number of amides is 2. The highest BCUT2D eigenvalue weighted by atomic mass is 16.7. The van der Waals surface area contributed by atoms with E-state index in [2.05, 4.69) is 10.6 Å². The number of esters is 1. The van der Waals surface area contributed by atoms with Gasteiger partial charge in [-0.3, -0.25) is 14.4 Å². The van der Waals surface area contributed by atoms with E-state index in [1.54, 1.807) is 25.8 Å². The molecule has 3 N–H and O–H groups in total. The van der Waals surface area contributed by atoms with Gasteiger partial charge in [-0.15, -0.1) is 0 Å². The Morgan fingerprint density at radius 3 is 2.35 bits per heavy atom. The van der Waals surface area contributed by atoms with Gasteiger partial charge in [-0.1, -0.05) is 13.8 Å². The van der Waals surface area contributed by atoms with Crippen LogP contribution in [0, 0.1) is 11.8 Å². The van der Waals surface area contributed by atoms with Crippen molar-refractivity contribution in [3.8, 4) is 0 Å². The topological polar surface area (TPSA) is 165 Å². The molecule has 0 spiro atoms. The molecular formula is C34H58N4O10. The second-order valence-electron chi connectivity index (χ2n) is 14.8. The zero-order valence-corrected chi connectivity index (χ0v) is 30.3. The Kier molecular flexibility index (Phi) is 12.2. The predicted octanol–water partition coefficient (Wildman–Crippen LogP) is 1.61. The molecule has 274 valence electrons. The third kappa shape index (κ3) is 7.83. The molecule has 0 aromatic heterocycles. The number of ether oxygens (including phenoxy) is 5. The fraction of sp³-hybridized carbons (Fsp3) is 0.882. The van der Waals surface area contributed by atoms with E-state index in [4.69, 9.17) is 23.7 Å². The van der Waals surface area contributed by atoms with E-state index in [9.17, 15) is 24.3 Å². The summed E-state index contributed by atoms with van der Waals surface area (Å²) >= 11 is 0. The first-order chi connectivity index (χ1) is 22.5. The zero-order chi connectivity index (χ0) is 35.7. The molecule has 3 heterocycles. The number of rotatable bonds is 7. The summed E-state index contributed by atoms with van der Waals surface area (Å²) in [6.45, 7) is 11.0. The molecule has 14 nitrogen and oxygen atoms in total. The number of aliphatic hydroxyl groups excluding tert-OH is 1. The van der Waals surface area contributed by atoms with Crippen LogP contribution in [-0.2, 0) is 38.1 Å². The second kappa shape index (κ2) is 15.3. The molecule has 0 aromatic rings. The Balaban J connectivity index is 1.66. The first kappa shape index (κ1) is 38.4. The molecule has 4 aliphatic rings. The molecule has 0 radical (unpaired) electrons. The summed E-state index contributed by atoms with van der Waals surface area (Å²) in [5.74, 6) is -3.47. The number of alkyl carbamates (subject to hydrolysis) is 1. The van der Waals surface area contributed by atoms with Gasteiger partial charge >= 0.3 is 12.1 Å². The number of hydrogen-bond donors (Lipinski definition) is 3. The standard InChI is InChI=1S/C34H58N4O10/c1-11-24-34(6)27(36-32(43)48-34)20(4)35-16-12-15-33(5,44-10)28(18(2)25(39)19(3)30(42)46-24)47-31-26(40)22(37(7)8)17-23(45-31)29(41)38(9)21-13-14-21/h18-24,26-28,31,35,40H,11-17H2,1-10H3,(H,36,43)/t18-,19?,20+,22?,23?,24+,26?,27+,28+,31?,33+,34+/m0/s1. The van der Waals surface area contributed by atoms with Gasteiger partial charge in [0.15, 0.2) is 17.7 Å². The molecule has 5 unspecified atom stereocenters. The van der Waals surface area contributed by atoms with Crippen LogP contribution in [0.5, 0.6) is 0 Å². The molecule has 2 amide bonds. The maximum Gasteiger partial charge on any atom is 0.408 e. The van der Waals surface area contributed by atoms with Crippen molar-refractivity contribution < 1.29 is 48.0 Å². The fourth-order valence-electron chi connectivity index (χ4n) is 7.64. The molecule has 12 atom stereocenters. The van der Waals surface area contributed by atoms with Crippen LogP contribution in [0.25, 0.3) is 0 Å². The number of aliphatic hydroxyl groups is 1. The van der Waals surface area contributed by atoms with Crippen LogP contribution in [0.4, 0.5) is 4.79 Å². The van der Waals surface area contributed by atoms with Crippen LogP contribution in [0.15, 0.2) is 0 Å². The number of Topliss-reactive ketones (excluding diaryl/α,β-unsaturated/α-hetero) is 1. The van der Waals surface area contributed by atoms with E-state index in [0.717, 1.165) is 12.8 Å². The Hall–Kier alpha value is -2.36. The largest absolute Gasteiger partial charge is 0.458 e. The highest BCUT2D eigenvalue weighted by molar-refractivity contribution is 6.00. The van der Waals surface area contributed by atoms with Crippen LogP contribution in [0.1, 0.15) is 80.1 Å². The van der Waals surface area contributed by atoms with E-state index in [1.165, 1.54) is 14.0 Å². The first-order valence-corrected chi connectivity index (χ1v) is 17.4. The summed E-state index contributed by atoms with van der Waals surface area (Å²) in [4.78, 5) is 57.2. The monoisotopic (exact) mass is 682 g/mol. The van der Waals surface area contributed by atoms with Gasteiger partial charge in [0.2, 0.25) is 0 Å². The highest BCUT2D eigenvalue weighted by Gasteiger charge is 2.55.